The number of aliphatic hydroxyl groups excluding tert-OH is 2. The molecule has 0 aromatic carbocycles. The summed E-state index contributed by atoms with van der Waals surface area (Å²) >= 11 is 1.65. The van der Waals surface area contributed by atoms with E-state index in [1.54, 1.807) is 11.3 Å². The van der Waals surface area contributed by atoms with Gasteiger partial charge in [-0.05, 0) is 26.3 Å². The van der Waals surface area contributed by atoms with Crippen molar-refractivity contribution in [1.29, 1.82) is 0 Å². The molecule has 0 aliphatic heterocycles. The summed E-state index contributed by atoms with van der Waals surface area (Å²) in [5.74, 6) is 0. The third-order valence-electron chi connectivity index (χ3n) is 3.27. The van der Waals surface area contributed by atoms with E-state index in [9.17, 15) is 5.11 Å². The van der Waals surface area contributed by atoms with Crippen LogP contribution in [-0.4, -0.2) is 54.2 Å². The first-order valence-electron chi connectivity index (χ1n) is 7.70. The average molecular weight is 316 g/mol. The SMILES string of the molecule is Cc1ncsc1CCOCC(O)CNCCCCCCO. The summed E-state index contributed by atoms with van der Waals surface area (Å²) in [5, 5.41) is 21.7. The van der Waals surface area contributed by atoms with E-state index in [1.807, 2.05) is 12.4 Å². The van der Waals surface area contributed by atoms with Gasteiger partial charge in [0.15, 0.2) is 0 Å². The minimum Gasteiger partial charge on any atom is -0.396 e. The number of unbranched alkanes of at least 4 members (excludes halogenated alkanes) is 3. The van der Waals surface area contributed by atoms with Crippen molar-refractivity contribution in [1.82, 2.24) is 10.3 Å². The fourth-order valence-electron chi connectivity index (χ4n) is 1.99. The predicted molar refractivity (Wildman–Crippen MR) is 85.8 cm³/mol. The number of aromatic nitrogens is 1. The Labute approximate surface area is 131 Å². The summed E-state index contributed by atoms with van der Waals surface area (Å²) in [6, 6.07) is 0. The van der Waals surface area contributed by atoms with Crippen LogP contribution in [0.2, 0.25) is 0 Å². The highest BCUT2D eigenvalue weighted by molar-refractivity contribution is 7.09. The molecule has 0 spiro atoms. The Balaban J connectivity index is 1.89. The van der Waals surface area contributed by atoms with Gasteiger partial charge in [-0.1, -0.05) is 12.8 Å². The molecule has 0 aliphatic carbocycles. The number of aliphatic hydroxyl groups is 2. The van der Waals surface area contributed by atoms with Crippen LogP contribution in [0.15, 0.2) is 5.51 Å². The van der Waals surface area contributed by atoms with Crippen molar-refractivity contribution in [2.75, 3.05) is 32.9 Å². The molecule has 21 heavy (non-hydrogen) atoms. The van der Waals surface area contributed by atoms with Crippen molar-refractivity contribution in [2.45, 2.75) is 45.1 Å². The third kappa shape index (κ3) is 9.16. The molecule has 0 amide bonds. The molecule has 3 N–H and O–H groups in total. The van der Waals surface area contributed by atoms with Gasteiger partial charge in [-0.25, -0.2) is 4.98 Å². The van der Waals surface area contributed by atoms with Crippen LogP contribution in [0.1, 0.15) is 36.3 Å². The molecule has 122 valence electrons. The van der Waals surface area contributed by atoms with E-state index in [4.69, 9.17) is 9.84 Å². The minimum atomic E-state index is -0.454. The molecular weight excluding hydrogens is 288 g/mol. The van der Waals surface area contributed by atoms with Crippen molar-refractivity contribution in [2.24, 2.45) is 0 Å². The summed E-state index contributed by atoms with van der Waals surface area (Å²) in [6.07, 6.45) is 4.56. The minimum absolute atomic E-state index is 0.282. The standard InChI is InChI=1S/C15H28N2O3S/c1-13-15(21-12-17-13)6-9-20-11-14(19)10-16-7-4-2-3-5-8-18/h12,14,16,18-19H,2-11H2,1H3. The molecule has 1 heterocycles. The van der Waals surface area contributed by atoms with Crippen LogP contribution < -0.4 is 5.32 Å². The fourth-order valence-corrected chi connectivity index (χ4v) is 2.76. The van der Waals surface area contributed by atoms with Crippen molar-refractivity contribution >= 4 is 11.3 Å². The highest BCUT2D eigenvalue weighted by atomic mass is 32.1. The first-order chi connectivity index (χ1) is 10.2. The van der Waals surface area contributed by atoms with Crippen molar-refractivity contribution in [3.63, 3.8) is 0 Å². The first-order valence-corrected chi connectivity index (χ1v) is 8.58. The van der Waals surface area contributed by atoms with E-state index < -0.39 is 6.10 Å². The molecular formula is C15H28N2O3S. The molecule has 1 unspecified atom stereocenters. The molecule has 0 saturated carbocycles. The van der Waals surface area contributed by atoms with Gasteiger partial charge in [-0.15, -0.1) is 11.3 Å². The number of hydrogen-bond donors (Lipinski definition) is 3. The first kappa shape index (κ1) is 18.5. The normalized spacial score (nSPS) is 12.7. The Bertz CT molecular complexity index is 360. The second kappa shape index (κ2) is 12.1. The number of nitrogens with zero attached hydrogens (tertiary/aromatic N) is 1. The van der Waals surface area contributed by atoms with E-state index in [0.29, 0.717) is 19.8 Å². The highest BCUT2D eigenvalue weighted by Gasteiger charge is 2.05. The van der Waals surface area contributed by atoms with Crippen LogP contribution >= 0.6 is 11.3 Å². The third-order valence-corrected chi connectivity index (χ3v) is 4.27. The van der Waals surface area contributed by atoms with E-state index in [-0.39, 0.29) is 6.61 Å². The Kier molecular flexibility index (Phi) is 10.6. The van der Waals surface area contributed by atoms with Gasteiger partial charge in [0.05, 0.1) is 30.5 Å². The molecule has 1 aromatic rings. The number of nitrogens with one attached hydrogen (secondary N) is 1. The number of ether oxygens (including phenoxy) is 1. The molecule has 0 fully saturated rings. The lowest BCUT2D eigenvalue weighted by Gasteiger charge is -2.12. The zero-order valence-corrected chi connectivity index (χ0v) is 13.7. The molecule has 0 bridgehead atoms. The molecule has 1 aromatic heterocycles. The molecule has 6 heteroatoms. The lowest BCUT2D eigenvalue weighted by atomic mass is 10.2. The number of hydrogen-bond acceptors (Lipinski definition) is 6. The molecule has 0 radical (unpaired) electrons. The number of thiazole rings is 1. The van der Waals surface area contributed by atoms with Gasteiger partial charge in [0, 0.05) is 24.4 Å². The van der Waals surface area contributed by atoms with E-state index in [1.165, 1.54) is 4.88 Å². The van der Waals surface area contributed by atoms with Crippen LogP contribution in [0.5, 0.6) is 0 Å². The zero-order chi connectivity index (χ0) is 15.3. The lowest BCUT2D eigenvalue weighted by Crippen LogP contribution is -2.31. The fraction of sp³-hybridized carbons (Fsp3) is 0.800. The van der Waals surface area contributed by atoms with Gasteiger partial charge in [0.1, 0.15) is 0 Å². The maximum Gasteiger partial charge on any atom is 0.0897 e. The Morgan fingerprint density at radius 2 is 2.14 bits per heavy atom. The average Bonchev–Trinajstić information content (AvgIpc) is 2.88. The van der Waals surface area contributed by atoms with Gasteiger partial charge in [-0.2, -0.15) is 0 Å². The van der Waals surface area contributed by atoms with E-state index in [0.717, 1.165) is 44.3 Å². The van der Waals surface area contributed by atoms with Gasteiger partial charge in [-0.3, -0.25) is 0 Å². The zero-order valence-electron chi connectivity index (χ0n) is 12.9. The Hall–Kier alpha value is -0.530. The smallest absolute Gasteiger partial charge is 0.0897 e. The Morgan fingerprint density at radius 1 is 1.33 bits per heavy atom. The summed E-state index contributed by atoms with van der Waals surface area (Å²) in [4.78, 5) is 5.45. The van der Waals surface area contributed by atoms with Gasteiger partial charge >= 0.3 is 0 Å². The summed E-state index contributed by atoms with van der Waals surface area (Å²) in [7, 11) is 0. The van der Waals surface area contributed by atoms with Gasteiger partial charge < -0.3 is 20.3 Å². The van der Waals surface area contributed by atoms with Crippen molar-refractivity contribution in [3.8, 4) is 0 Å². The second-order valence-corrected chi connectivity index (χ2v) is 6.12. The Morgan fingerprint density at radius 3 is 2.86 bits per heavy atom. The number of rotatable bonds is 13. The number of aryl methyl sites for hydroxylation is 1. The topological polar surface area (TPSA) is 74.6 Å². The quantitative estimate of drug-likeness (QED) is 0.481. The van der Waals surface area contributed by atoms with Crippen LogP contribution in [0.25, 0.3) is 0 Å². The molecule has 0 saturated heterocycles. The van der Waals surface area contributed by atoms with Crippen LogP contribution in [0, 0.1) is 6.92 Å². The molecule has 1 atom stereocenters. The molecule has 5 nitrogen and oxygen atoms in total. The van der Waals surface area contributed by atoms with E-state index in [2.05, 4.69) is 10.3 Å². The maximum absolute atomic E-state index is 9.77. The predicted octanol–water partition coefficient (Wildman–Crippen LogP) is 1.51. The van der Waals surface area contributed by atoms with Crippen molar-refractivity contribution < 1.29 is 14.9 Å². The lowest BCUT2D eigenvalue weighted by molar-refractivity contribution is 0.0385. The monoisotopic (exact) mass is 316 g/mol. The summed E-state index contributed by atoms with van der Waals surface area (Å²) in [6.45, 7) is 4.76. The van der Waals surface area contributed by atoms with Crippen LogP contribution in [-0.2, 0) is 11.2 Å². The van der Waals surface area contributed by atoms with E-state index >= 15 is 0 Å². The highest BCUT2D eigenvalue weighted by Crippen LogP contribution is 2.12. The van der Waals surface area contributed by atoms with Gasteiger partial charge in [0.2, 0.25) is 0 Å². The van der Waals surface area contributed by atoms with Gasteiger partial charge in [0.25, 0.3) is 0 Å². The second-order valence-electron chi connectivity index (χ2n) is 5.18. The molecule has 0 aliphatic rings. The largest absolute Gasteiger partial charge is 0.396 e. The van der Waals surface area contributed by atoms with Crippen molar-refractivity contribution in [3.05, 3.63) is 16.1 Å². The van der Waals surface area contributed by atoms with Crippen LogP contribution in [0.4, 0.5) is 0 Å². The summed E-state index contributed by atoms with van der Waals surface area (Å²) in [5.41, 5.74) is 2.93. The van der Waals surface area contributed by atoms with Crippen LogP contribution in [0.3, 0.4) is 0 Å². The summed E-state index contributed by atoms with van der Waals surface area (Å²) < 4.78 is 5.49. The molecule has 1 rings (SSSR count). The maximum atomic E-state index is 9.77.